The van der Waals surface area contributed by atoms with Gasteiger partial charge in [-0.2, -0.15) is 5.26 Å². The number of rotatable bonds is 7. The van der Waals surface area contributed by atoms with Gasteiger partial charge in [0.05, 0.1) is 13.2 Å². The van der Waals surface area contributed by atoms with Crippen LogP contribution in [0.4, 0.5) is 0 Å². The van der Waals surface area contributed by atoms with Crippen LogP contribution in [0.1, 0.15) is 37.8 Å². The summed E-state index contributed by atoms with van der Waals surface area (Å²) in [5.41, 5.74) is 3.89. The molecule has 29 heavy (non-hydrogen) atoms. The van der Waals surface area contributed by atoms with Crippen LogP contribution in [-0.2, 0) is 25.7 Å². The molecule has 0 aromatic heterocycles. The van der Waals surface area contributed by atoms with Crippen molar-refractivity contribution in [3.63, 3.8) is 0 Å². The molecule has 1 aromatic carbocycles. The number of nitrogens with zero attached hydrogens (tertiary/aromatic N) is 3. The molecule has 0 spiro atoms. The molecule has 2 amide bonds. The van der Waals surface area contributed by atoms with Gasteiger partial charge in [-0.3, -0.25) is 14.4 Å². The van der Waals surface area contributed by atoms with Crippen molar-refractivity contribution in [3.8, 4) is 6.07 Å². The third-order valence-corrected chi connectivity index (χ3v) is 5.11. The van der Waals surface area contributed by atoms with Crippen LogP contribution in [-0.4, -0.2) is 42.0 Å². The number of hydrogen-bond acceptors (Lipinski definition) is 5. The van der Waals surface area contributed by atoms with E-state index in [2.05, 4.69) is 4.99 Å². The minimum atomic E-state index is -0.901. The second-order valence-electron chi connectivity index (χ2n) is 7.01. The smallest absolute Gasteiger partial charge is 0.325 e. The monoisotopic (exact) mass is 395 g/mol. The molecular formula is C22H25N3O4. The molecule has 1 aromatic rings. The molecule has 0 fully saturated rings. The lowest BCUT2D eigenvalue weighted by Crippen LogP contribution is -2.36. The number of nitriles is 1. The van der Waals surface area contributed by atoms with E-state index in [1.807, 2.05) is 37.3 Å². The number of aliphatic imine (C=N–C) groups is 1. The standard InChI is InChI=1S/C22H25N3O4/c1-14-7-5-6-8-17(14)12-25(13-21(27)29-4)20(26)10-9-18-15(2)19(11-23)22(28)24-16(18)3/h5-8,19H,9-10,12-13H2,1-4H3. The molecule has 1 aliphatic rings. The molecule has 7 nitrogen and oxygen atoms in total. The van der Waals surface area contributed by atoms with Crippen molar-refractivity contribution in [2.24, 2.45) is 10.9 Å². The number of methoxy groups -OCH3 is 1. The van der Waals surface area contributed by atoms with Crippen LogP contribution >= 0.6 is 0 Å². The van der Waals surface area contributed by atoms with Gasteiger partial charge in [-0.25, -0.2) is 4.99 Å². The lowest BCUT2D eigenvalue weighted by molar-refractivity contribution is -0.147. The highest BCUT2D eigenvalue weighted by atomic mass is 16.5. The molecule has 1 aliphatic heterocycles. The third kappa shape index (κ3) is 5.38. The van der Waals surface area contributed by atoms with Crippen LogP contribution in [0.5, 0.6) is 0 Å². The zero-order valence-electron chi connectivity index (χ0n) is 17.2. The molecule has 0 N–H and O–H groups in total. The van der Waals surface area contributed by atoms with Gasteiger partial charge in [0.25, 0.3) is 5.91 Å². The van der Waals surface area contributed by atoms with Gasteiger partial charge in [0.15, 0.2) is 0 Å². The van der Waals surface area contributed by atoms with Crippen LogP contribution in [0.25, 0.3) is 0 Å². The topological polar surface area (TPSA) is 99.8 Å². The van der Waals surface area contributed by atoms with Gasteiger partial charge in [-0.05, 0) is 49.5 Å². The molecule has 152 valence electrons. The fourth-order valence-corrected chi connectivity index (χ4v) is 3.31. The predicted molar refractivity (Wildman–Crippen MR) is 108 cm³/mol. The van der Waals surface area contributed by atoms with Crippen LogP contribution < -0.4 is 0 Å². The first-order chi connectivity index (χ1) is 13.8. The summed E-state index contributed by atoms with van der Waals surface area (Å²) < 4.78 is 4.73. The average Bonchev–Trinajstić information content (AvgIpc) is 2.68. The van der Waals surface area contributed by atoms with E-state index < -0.39 is 17.8 Å². The van der Waals surface area contributed by atoms with E-state index in [1.165, 1.54) is 12.0 Å². The first-order valence-electron chi connectivity index (χ1n) is 9.36. The fourth-order valence-electron chi connectivity index (χ4n) is 3.31. The number of aryl methyl sites for hydroxylation is 1. The van der Waals surface area contributed by atoms with Crippen molar-refractivity contribution < 1.29 is 19.1 Å². The number of esters is 1. The van der Waals surface area contributed by atoms with Crippen molar-refractivity contribution in [3.05, 3.63) is 46.5 Å². The minimum Gasteiger partial charge on any atom is -0.468 e. The summed E-state index contributed by atoms with van der Waals surface area (Å²) in [4.78, 5) is 42.0. The maximum absolute atomic E-state index is 12.9. The number of hydrogen-bond donors (Lipinski definition) is 0. The van der Waals surface area contributed by atoms with Gasteiger partial charge in [-0.15, -0.1) is 0 Å². The van der Waals surface area contributed by atoms with Gasteiger partial charge < -0.3 is 9.64 Å². The Kier molecular flexibility index (Phi) is 7.43. The van der Waals surface area contributed by atoms with Crippen LogP contribution in [0.15, 0.2) is 40.4 Å². The average molecular weight is 395 g/mol. The second-order valence-corrected chi connectivity index (χ2v) is 7.01. The fraction of sp³-hybridized carbons (Fsp3) is 0.409. The van der Waals surface area contributed by atoms with Gasteiger partial charge in [0.2, 0.25) is 5.91 Å². The lowest BCUT2D eigenvalue weighted by Gasteiger charge is -2.24. The summed E-state index contributed by atoms with van der Waals surface area (Å²) in [6.45, 7) is 5.53. The van der Waals surface area contributed by atoms with Crippen molar-refractivity contribution >= 4 is 23.5 Å². The maximum atomic E-state index is 12.9. The Morgan fingerprint density at radius 1 is 1.24 bits per heavy atom. The molecule has 0 bridgehead atoms. The van der Waals surface area contributed by atoms with Crippen molar-refractivity contribution in [2.45, 2.75) is 40.2 Å². The summed E-state index contributed by atoms with van der Waals surface area (Å²) in [6, 6.07) is 9.64. The summed E-state index contributed by atoms with van der Waals surface area (Å²) in [5.74, 6) is -2.07. The molecule has 7 heteroatoms. The molecule has 0 radical (unpaired) electrons. The molecule has 1 heterocycles. The van der Waals surface area contributed by atoms with Gasteiger partial charge in [0, 0.05) is 18.7 Å². The molecule has 0 aliphatic carbocycles. The Hall–Kier alpha value is -3.27. The van der Waals surface area contributed by atoms with Crippen molar-refractivity contribution in [2.75, 3.05) is 13.7 Å². The highest BCUT2D eigenvalue weighted by Gasteiger charge is 2.28. The Balaban J connectivity index is 2.17. The van der Waals surface area contributed by atoms with Gasteiger partial charge in [0.1, 0.15) is 12.5 Å². The van der Waals surface area contributed by atoms with Crippen LogP contribution in [0.3, 0.4) is 0 Å². The van der Waals surface area contributed by atoms with Crippen LogP contribution in [0.2, 0.25) is 0 Å². The zero-order valence-corrected chi connectivity index (χ0v) is 17.2. The van der Waals surface area contributed by atoms with E-state index in [0.29, 0.717) is 24.3 Å². The van der Waals surface area contributed by atoms with E-state index in [1.54, 1.807) is 13.8 Å². The highest BCUT2D eigenvalue weighted by molar-refractivity contribution is 6.10. The third-order valence-electron chi connectivity index (χ3n) is 5.11. The maximum Gasteiger partial charge on any atom is 0.325 e. The molecule has 1 unspecified atom stereocenters. The summed E-state index contributed by atoms with van der Waals surface area (Å²) >= 11 is 0. The summed E-state index contributed by atoms with van der Waals surface area (Å²) in [7, 11) is 1.29. The number of benzene rings is 1. The predicted octanol–water partition coefficient (Wildman–Crippen LogP) is 2.73. The first-order valence-corrected chi connectivity index (χ1v) is 9.36. The zero-order chi connectivity index (χ0) is 21.6. The Morgan fingerprint density at radius 2 is 1.93 bits per heavy atom. The lowest BCUT2D eigenvalue weighted by atomic mass is 9.88. The largest absolute Gasteiger partial charge is 0.468 e. The number of allylic oxidation sites excluding steroid dienone is 1. The summed E-state index contributed by atoms with van der Waals surface area (Å²) in [5, 5.41) is 9.22. The number of amides is 2. The molecule has 2 rings (SSSR count). The Morgan fingerprint density at radius 3 is 2.55 bits per heavy atom. The molecular weight excluding hydrogens is 370 g/mol. The van der Waals surface area contributed by atoms with Gasteiger partial charge in [-0.1, -0.05) is 24.3 Å². The minimum absolute atomic E-state index is 0.134. The number of dihydropyridines is 1. The molecule has 0 saturated carbocycles. The summed E-state index contributed by atoms with van der Waals surface area (Å²) in [6.07, 6.45) is 0.478. The number of carbonyl (C=O) groups is 3. The normalized spacial score (nSPS) is 16.2. The Labute approximate surface area is 170 Å². The SMILES string of the molecule is COC(=O)CN(Cc1ccccc1C)C(=O)CCC1=C(C)C(C#N)C(=O)N=C1C. The van der Waals surface area contributed by atoms with Crippen molar-refractivity contribution in [1.82, 2.24) is 4.90 Å². The number of ether oxygens (including phenoxy) is 1. The second kappa shape index (κ2) is 9.78. The first kappa shape index (κ1) is 22.0. The van der Waals surface area contributed by atoms with Crippen LogP contribution in [0, 0.1) is 24.2 Å². The van der Waals surface area contributed by atoms with E-state index in [-0.39, 0.29) is 18.9 Å². The number of carbonyl (C=O) groups excluding carboxylic acids is 3. The van der Waals surface area contributed by atoms with Gasteiger partial charge >= 0.3 is 5.97 Å². The van der Waals surface area contributed by atoms with Crippen molar-refractivity contribution in [1.29, 1.82) is 5.26 Å². The van der Waals surface area contributed by atoms with E-state index in [0.717, 1.165) is 16.7 Å². The van der Waals surface area contributed by atoms with E-state index >= 15 is 0 Å². The molecule has 0 saturated heterocycles. The molecule has 1 atom stereocenters. The van der Waals surface area contributed by atoms with E-state index in [4.69, 9.17) is 4.74 Å². The highest BCUT2D eigenvalue weighted by Crippen LogP contribution is 2.26. The quantitative estimate of drug-likeness (QED) is 0.661. The Bertz CT molecular complexity index is 924. The van der Waals surface area contributed by atoms with E-state index in [9.17, 15) is 19.6 Å².